The van der Waals surface area contributed by atoms with Crippen LogP contribution in [0.3, 0.4) is 0 Å². The van der Waals surface area contributed by atoms with E-state index in [1.807, 2.05) is 0 Å². The highest BCUT2D eigenvalue weighted by atomic mass is 19.4. The molecule has 1 unspecified atom stereocenters. The molecule has 1 aliphatic carbocycles. The summed E-state index contributed by atoms with van der Waals surface area (Å²) in [5.41, 5.74) is -0.0498. The second-order valence-electron chi connectivity index (χ2n) is 5.87. The van der Waals surface area contributed by atoms with Crippen molar-refractivity contribution in [1.29, 1.82) is 0 Å². The zero-order valence-corrected chi connectivity index (χ0v) is 12.0. The van der Waals surface area contributed by atoms with Crippen molar-refractivity contribution in [2.45, 2.75) is 50.9 Å². The molecule has 0 spiro atoms. The van der Waals surface area contributed by atoms with Crippen molar-refractivity contribution in [1.82, 2.24) is 5.32 Å². The standard InChI is InChI=1S/C16H22F3NO/c17-16(18,19)14-7-3-6-13(8-14)10-20-11-15(21)9-12-4-1-2-5-12/h3,6-8,12,15,20-21H,1-2,4-5,9-11H2. The van der Waals surface area contributed by atoms with E-state index < -0.39 is 17.8 Å². The number of hydrogen-bond donors (Lipinski definition) is 2. The summed E-state index contributed by atoms with van der Waals surface area (Å²) in [5, 5.41) is 13.0. The SMILES string of the molecule is OC(CNCc1cccc(C(F)(F)F)c1)CC1CCCC1. The fraction of sp³-hybridized carbons (Fsp3) is 0.625. The lowest BCUT2D eigenvalue weighted by Gasteiger charge is -2.16. The molecule has 1 atom stereocenters. The number of alkyl halides is 3. The Morgan fingerprint density at radius 1 is 1.24 bits per heavy atom. The predicted octanol–water partition coefficient (Wildman–Crippen LogP) is 3.74. The van der Waals surface area contributed by atoms with Gasteiger partial charge in [0, 0.05) is 13.1 Å². The van der Waals surface area contributed by atoms with Gasteiger partial charge in [-0.05, 0) is 24.0 Å². The molecule has 1 aromatic carbocycles. The van der Waals surface area contributed by atoms with Crippen LogP contribution in [0.25, 0.3) is 0 Å². The van der Waals surface area contributed by atoms with Gasteiger partial charge in [0.2, 0.25) is 0 Å². The van der Waals surface area contributed by atoms with Gasteiger partial charge >= 0.3 is 6.18 Å². The number of aliphatic hydroxyl groups is 1. The first-order chi connectivity index (χ1) is 9.95. The summed E-state index contributed by atoms with van der Waals surface area (Å²) in [6.07, 6.45) is 0.923. The van der Waals surface area contributed by atoms with Crippen LogP contribution >= 0.6 is 0 Å². The third-order valence-electron chi connectivity index (χ3n) is 4.04. The van der Waals surface area contributed by atoms with E-state index in [4.69, 9.17) is 0 Å². The average molecular weight is 301 g/mol. The molecule has 21 heavy (non-hydrogen) atoms. The van der Waals surface area contributed by atoms with Crippen LogP contribution in [0, 0.1) is 5.92 Å². The third-order valence-corrected chi connectivity index (χ3v) is 4.04. The van der Waals surface area contributed by atoms with Crippen LogP contribution in [0.4, 0.5) is 13.2 Å². The largest absolute Gasteiger partial charge is 0.416 e. The molecule has 2 nitrogen and oxygen atoms in total. The Kier molecular flexibility index (Phi) is 5.65. The van der Waals surface area contributed by atoms with Gasteiger partial charge in [0.05, 0.1) is 11.7 Å². The second-order valence-corrected chi connectivity index (χ2v) is 5.87. The number of nitrogens with one attached hydrogen (secondary N) is 1. The first-order valence-electron chi connectivity index (χ1n) is 7.50. The molecule has 1 aliphatic rings. The highest BCUT2D eigenvalue weighted by molar-refractivity contribution is 5.25. The van der Waals surface area contributed by atoms with Crippen LogP contribution < -0.4 is 5.32 Å². The smallest absolute Gasteiger partial charge is 0.392 e. The Bertz CT molecular complexity index is 441. The molecule has 0 radical (unpaired) electrons. The fourth-order valence-corrected chi connectivity index (χ4v) is 2.95. The highest BCUT2D eigenvalue weighted by Gasteiger charge is 2.30. The third kappa shape index (κ3) is 5.32. The minimum Gasteiger partial charge on any atom is -0.392 e. The van der Waals surface area contributed by atoms with Crippen LogP contribution in [0.2, 0.25) is 0 Å². The van der Waals surface area contributed by atoms with E-state index in [1.54, 1.807) is 6.07 Å². The van der Waals surface area contributed by atoms with Crippen LogP contribution in [0.5, 0.6) is 0 Å². The second kappa shape index (κ2) is 7.27. The molecular formula is C16H22F3NO. The molecule has 0 amide bonds. The highest BCUT2D eigenvalue weighted by Crippen LogP contribution is 2.30. The van der Waals surface area contributed by atoms with E-state index >= 15 is 0 Å². The van der Waals surface area contributed by atoms with Crippen molar-refractivity contribution in [3.05, 3.63) is 35.4 Å². The molecule has 0 bridgehead atoms. The van der Waals surface area contributed by atoms with Gasteiger partial charge in [0.25, 0.3) is 0 Å². The number of benzene rings is 1. The summed E-state index contributed by atoms with van der Waals surface area (Å²) in [7, 11) is 0. The zero-order valence-electron chi connectivity index (χ0n) is 12.0. The Labute approximate surface area is 123 Å². The molecule has 2 N–H and O–H groups in total. The van der Waals surface area contributed by atoms with Crippen LogP contribution in [-0.4, -0.2) is 17.8 Å². The number of halogens is 3. The summed E-state index contributed by atoms with van der Waals surface area (Å²) in [5.74, 6) is 0.607. The maximum Gasteiger partial charge on any atom is 0.416 e. The van der Waals surface area contributed by atoms with Crippen molar-refractivity contribution < 1.29 is 18.3 Å². The Morgan fingerprint density at radius 2 is 1.95 bits per heavy atom. The van der Waals surface area contributed by atoms with E-state index in [0.29, 0.717) is 24.6 Å². The van der Waals surface area contributed by atoms with Crippen molar-refractivity contribution in [3.63, 3.8) is 0 Å². The van der Waals surface area contributed by atoms with Gasteiger partial charge in [-0.25, -0.2) is 0 Å². The fourth-order valence-electron chi connectivity index (χ4n) is 2.95. The zero-order chi connectivity index (χ0) is 15.3. The Balaban J connectivity index is 1.75. The lowest BCUT2D eigenvalue weighted by molar-refractivity contribution is -0.137. The molecule has 2 rings (SSSR count). The van der Waals surface area contributed by atoms with Gasteiger partial charge in [0.15, 0.2) is 0 Å². The molecule has 118 valence electrons. The predicted molar refractivity (Wildman–Crippen MR) is 75.7 cm³/mol. The van der Waals surface area contributed by atoms with Crippen molar-refractivity contribution >= 4 is 0 Å². The summed E-state index contributed by atoms with van der Waals surface area (Å²) >= 11 is 0. The summed E-state index contributed by atoms with van der Waals surface area (Å²) < 4.78 is 37.8. The molecule has 0 aromatic heterocycles. The first kappa shape index (κ1) is 16.3. The molecule has 1 saturated carbocycles. The molecule has 0 aliphatic heterocycles. The van der Waals surface area contributed by atoms with Crippen molar-refractivity contribution in [3.8, 4) is 0 Å². The number of aliphatic hydroxyl groups excluding tert-OH is 1. The average Bonchev–Trinajstić information content (AvgIpc) is 2.91. The van der Waals surface area contributed by atoms with E-state index in [2.05, 4.69) is 5.32 Å². The van der Waals surface area contributed by atoms with Crippen LogP contribution in [-0.2, 0) is 12.7 Å². The molecular weight excluding hydrogens is 279 g/mol. The lowest BCUT2D eigenvalue weighted by Crippen LogP contribution is -2.28. The van der Waals surface area contributed by atoms with Gasteiger partial charge in [-0.3, -0.25) is 0 Å². The van der Waals surface area contributed by atoms with Crippen molar-refractivity contribution in [2.75, 3.05) is 6.54 Å². The van der Waals surface area contributed by atoms with E-state index in [1.165, 1.54) is 31.7 Å². The van der Waals surface area contributed by atoms with Crippen LogP contribution in [0.1, 0.15) is 43.2 Å². The normalized spacial score (nSPS) is 18.1. The maximum atomic E-state index is 12.6. The van der Waals surface area contributed by atoms with Gasteiger partial charge in [-0.1, -0.05) is 43.9 Å². The number of hydrogen-bond acceptors (Lipinski definition) is 2. The van der Waals surface area contributed by atoms with E-state index in [-0.39, 0.29) is 0 Å². The molecule has 5 heteroatoms. The van der Waals surface area contributed by atoms with Gasteiger partial charge in [-0.2, -0.15) is 13.2 Å². The summed E-state index contributed by atoms with van der Waals surface area (Å²) in [6, 6.07) is 5.29. The molecule has 0 heterocycles. The van der Waals surface area contributed by atoms with Gasteiger partial charge in [0.1, 0.15) is 0 Å². The van der Waals surface area contributed by atoms with Gasteiger partial charge in [-0.15, -0.1) is 0 Å². The molecule has 1 fully saturated rings. The Morgan fingerprint density at radius 3 is 2.62 bits per heavy atom. The maximum absolute atomic E-state index is 12.6. The molecule has 0 saturated heterocycles. The quantitative estimate of drug-likeness (QED) is 0.839. The monoisotopic (exact) mass is 301 g/mol. The molecule has 1 aromatic rings. The van der Waals surface area contributed by atoms with Crippen LogP contribution in [0.15, 0.2) is 24.3 Å². The van der Waals surface area contributed by atoms with E-state index in [0.717, 1.165) is 18.6 Å². The minimum atomic E-state index is -4.31. The Hall–Kier alpha value is -1.07. The summed E-state index contributed by atoms with van der Waals surface area (Å²) in [6.45, 7) is 0.762. The van der Waals surface area contributed by atoms with E-state index in [9.17, 15) is 18.3 Å². The van der Waals surface area contributed by atoms with Crippen molar-refractivity contribution in [2.24, 2.45) is 5.92 Å². The lowest BCUT2D eigenvalue weighted by atomic mass is 10.00. The van der Waals surface area contributed by atoms with Gasteiger partial charge < -0.3 is 10.4 Å². The summed E-state index contributed by atoms with van der Waals surface area (Å²) in [4.78, 5) is 0. The number of rotatable bonds is 6. The minimum absolute atomic E-state index is 0.339. The first-order valence-corrected chi connectivity index (χ1v) is 7.50. The topological polar surface area (TPSA) is 32.3 Å².